The molecule has 1 unspecified atom stereocenters. The van der Waals surface area contributed by atoms with E-state index in [-0.39, 0.29) is 22.2 Å². The Morgan fingerprint density at radius 1 is 1.13 bits per heavy atom. The highest BCUT2D eigenvalue weighted by Crippen LogP contribution is 2.25. The van der Waals surface area contributed by atoms with E-state index in [2.05, 4.69) is 15.6 Å². The number of hydrogen-bond acceptors (Lipinski definition) is 5. The molecule has 0 saturated carbocycles. The summed E-state index contributed by atoms with van der Waals surface area (Å²) in [4.78, 5) is 40.6. The number of carbonyl (C=O) groups excluding carboxylic acids is 2. The van der Waals surface area contributed by atoms with E-state index < -0.39 is 22.8 Å². The van der Waals surface area contributed by atoms with Crippen molar-refractivity contribution in [1.29, 1.82) is 0 Å². The number of fused-ring (bicyclic) bond motifs is 1. The lowest BCUT2D eigenvalue weighted by atomic mass is 10.0. The minimum Gasteiger partial charge on any atom is -0.340 e. The van der Waals surface area contributed by atoms with Crippen molar-refractivity contribution >= 4 is 45.7 Å². The highest BCUT2D eigenvalue weighted by atomic mass is 35.5. The van der Waals surface area contributed by atoms with E-state index in [0.717, 1.165) is 17.1 Å². The van der Waals surface area contributed by atoms with Crippen LogP contribution in [-0.4, -0.2) is 27.8 Å². The van der Waals surface area contributed by atoms with Gasteiger partial charge >= 0.3 is 0 Å². The molecule has 0 fully saturated rings. The molecule has 1 atom stereocenters. The predicted molar refractivity (Wildman–Crippen MR) is 119 cm³/mol. The van der Waals surface area contributed by atoms with Crippen LogP contribution >= 0.6 is 11.6 Å². The van der Waals surface area contributed by atoms with Crippen molar-refractivity contribution < 1.29 is 14.5 Å². The molecule has 0 aliphatic carbocycles. The predicted octanol–water partition coefficient (Wildman–Crippen LogP) is 4.50. The zero-order chi connectivity index (χ0) is 22.7. The maximum atomic E-state index is 13.0. The van der Waals surface area contributed by atoms with Crippen LogP contribution in [0.3, 0.4) is 0 Å². The van der Waals surface area contributed by atoms with Crippen LogP contribution in [0.25, 0.3) is 10.9 Å². The van der Waals surface area contributed by atoms with E-state index in [1.165, 1.54) is 12.1 Å². The number of nitro groups is 1. The van der Waals surface area contributed by atoms with Crippen LogP contribution < -0.4 is 10.6 Å². The lowest BCUT2D eigenvalue weighted by Crippen LogP contribution is -2.47. The number of pyridine rings is 1. The van der Waals surface area contributed by atoms with Crippen LogP contribution in [0, 0.1) is 23.0 Å². The van der Waals surface area contributed by atoms with Crippen molar-refractivity contribution in [2.24, 2.45) is 5.92 Å². The molecule has 1 aromatic heterocycles. The Morgan fingerprint density at radius 2 is 1.87 bits per heavy atom. The number of nitrogens with one attached hydrogen (secondary N) is 2. The lowest BCUT2D eigenvalue weighted by Gasteiger charge is -2.22. The standard InChI is InChI=1S/C22H21ClN4O4/c1-12(2)19(26-21(28)15-9-10-16(23)18(11-15)27(30)31)22(29)25-17-6-4-5-14-8-7-13(3)24-20(14)17/h4-12,19H,1-3H3,(H,25,29)(H,26,28). The number of para-hydroxylation sites is 1. The molecule has 2 amide bonds. The molecular weight excluding hydrogens is 420 g/mol. The van der Waals surface area contributed by atoms with E-state index in [1.54, 1.807) is 19.9 Å². The monoisotopic (exact) mass is 440 g/mol. The summed E-state index contributed by atoms with van der Waals surface area (Å²) in [6.45, 7) is 5.45. The number of anilines is 1. The normalized spacial score (nSPS) is 11.9. The molecule has 8 nitrogen and oxygen atoms in total. The summed E-state index contributed by atoms with van der Waals surface area (Å²) in [7, 11) is 0. The van der Waals surface area contributed by atoms with Crippen molar-refractivity contribution in [2.75, 3.05) is 5.32 Å². The van der Waals surface area contributed by atoms with Gasteiger partial charge in [-0.15, -0.1) is 0 Å². The molecule has 0 saturated heterocycles. The summed E-state index contributed by atoms with van der Waals surface area (Å²) in [6.07, 6.45) is 0. The Labute approximate surface area is 183 Å². The number of carbonyl (C=O) groups is 2. The van der Waals surface area contributed by atoms with Gasteiger partial charge in [0.2, 0.25) is 5.91 Å². The molecule has 0 aliphatic heterocycles. The van der Waals surface area contributed by atoms with E-state index in [4.69, 9.17) is 11.6 Å². The van der Waals surface area contributed by atoms with Crippen molar-refractivity contribution in [3.63, 3.8) is 0 Å². The van der Waals surface area contributed by atoms with Gasteiger partial charge in [0.1, 0.15) is 11.1 Å². The molecule has 0 bridgehead atoms. The average molecular weight is 441 g/mol. The maximum Gasteiger partial charge on any atom is 0.288 e. The fourth-order valence-electron chi connectivity index (χ4n) is 3.11. The third-order valence-corrected chi connectivity index (χ3v) is 5.08. The van der Waals surface area contributed by atoms with E-state index >= 15 is 0 Å². The van der Waals surface area contributed by atoms with Gasteiger partial charge in [0.05, 0.1) is 16.1 Å². The number of rotatable bonds is 6. The van der Waals surface area contributed by atoms with Gasteiger partial charge in [-0.1, -0.05) is 43.6 Å². The van der Waals surface area contributed by atoms with Crippen molar-refractivity contribution in [1.82, 2.24) is 10.3 Å². The molecule has 31 heavy (non-hydrogen) atoms. The van der Waals surface area contributed by atoms with Crippen LogP contribution in [0.15, 0.2) is 48.5 Å². The molecular formula is C22H21ClN4O4. The van der Waals surface area contributed by atoms with Gasteiger partial charge < -0.3 is 10.6 Å². The van der Waals surface area contributed by atoms with Gasteiger partial charge in [-0.25, -0.2) is 0 Å². The smallest absolute Gasteiger partial charge is 0.288 e. The molecule has 3 rings (SSSR count). The molecule has 160 valence electrons. The number of amides is 2. The molecule has 0 aliphatic rings. The minimum absolute atomic E-state index is 0.0389. The average Bonchev–Trinajstić information content (AvgIpc) is 2.72. The number of halogens is 1. The quantitative estimate of drug-likeness (QED) is 0.432. The van der Waals surface area contributed by atoms with Crippen LogP contribution in [0.1, 0.15) is 29.9 Å². The lowest BCUT2D eigenvalue weighted by molar-refractivity contribution is -0.384. The van der Waals surface area contributed by atoms with Gasteiger partial charge in [-0.3, -0.25) is 24.7 Å². The summed E-state index contributed by atoms with van der Waals surface area (Å²) < 4.78 is 0. The number of aryl methyl sites for hydroxylation is 1. The van der Waals surface area contributed by atoms with Gasteiger partial charge in [0, 0.05) is 22.7 Å². The Hall–Kier alpha value is -3.52. The Balaban J connectivity index is 1.84. The van der Waals surface area contributed by atoms with E-state index in [9.17, 15) is 19.7 Å². The van der Waals surface area contributed by atoms with E-state index in [1.807, 2.05) is 31.2 Å². The first kappa shape index (κ1) is 22.2. The highest BCUT2D eigenvalue weighted by Gasteiger charge is 2.26. The Bertz CT molecular complexity index is 1180. The molecule has 0 radical (unpaired) electrons. The minimum atomic E-state index is -0.873. The van der Waals surface area contributed by atoms with Crippen LogP contribution in [0.5, 0.6) is 0 Å². The molecule has 9 heteroatoms. The van der Waals surface area contributed by atoms with Gasteiger partial charge in [-0.2, -0.15) is 0 Å². The first-order valence-electron chi connectivity index (χ1n) is 9.59. The van der Waals surface area contributed by atoms with Gasteiger partial charge in [0.15, 0.2) is 0 Å². The number of nitro benzene ring substituents is 1. The largest absolute Gasteiger partial charge is 0.340 e. The fraction of sp³-hybridized carbons (Fsp3) is 0.227. The third-order valence-electron chi connectivity index (χ3n) is 4.76. The molecule has 0 spiro atoms. The van der Waals surface area contributed by atoms with E-state index in [0.29, 0.717) is 11.2 Å². The van der Waals surface area contributed by atoms with Crippen LogP contribution in [0.4, 0.5) is 11.4 Å². The molecule has 2 N–H and O–H groups in total. The summed E-state index contributed by atoms with van der Waals surface area (Å²) in [5, 5.41) is 17.4. The number of benzene rings is 2. The first-order chi connectivity index (χ1) is 14.7. The second-order valence-corrected chi connectivity index (χ2v) is 7.84. The number of aromatic nitrogens is 1. The number of nitrogens with zero attached hydrogens (tertiary/aromatic N) is 2. The fourth-order valence-corrected chi connectivity index (χ4v) is 3.30. The Kier molecular flexibility index (Phi) is 6.50. The zero-order valence-electron chi connectivity index (χ0n) is 17.2. The highest BCUT2D eigenvalue weighted by molar-refractivity contribution is 6.32. The zero-order valence-corrected chi connectivity index (χ0v) is 17.9. The van der Waals surface area contributed by atoms with Crippen molar-refractivity contribution in [3.05, 3.63) is 74.9 Å². The third kappa shape index (κ3) is 4.97. The summed E-state index contributed by atoms with van der Waals surface area (Å²) in [6, 6.07) is 12.1. The molecule has 1 heterocycles. The number of hydrogen-bond donors (Lipinski definition) is 2. The molecule has 2 aromatic carbocycles. The first-order valence-corrected chi connectivity index (χ1v) is 9.97. The maximum absolute atomic E-state index is 13.0. The van der Waals surface area contributed by atoms with Crippen LogP contribution in [0.2, 0.25) is 5.02 Å². The SMILES string of the molecule is Cc1ccc2cccc(NC(=O)C(NC(=O)c3ccc(Cl)c([N+](=O)[O-])c3)C(C)C)c2n1. The second-order valence-electron chi connectivity index (χ2n) is 7.44. The van der Waals surface area contributed by atoms with Crippen molar-refractivity contribution in [2.45, 2.75) is 26.8 Å². The van der Waals surface area contributed by atoms with Gasteiger partial charge in [0.25, 0.3) is 11.6 Å². The van der Waals surface area contributed by atoms with Crippen molar-refractivity contribution in [3.8, 4) is 0 Å². The topological polar surface area (TPSA) is 114 Å². The Morgan fingerprint density at radius 3 is 2.55 bits per heavy atom. The van der Waals surface area contributed by atoms with Gasteiger partial charge in [-0.05, 0) is 37.1 Å². The van der Waals surface area contributed by atoms with Crippen LogP contribution in [-0.2, 0) is 4.79 Å². The second kappa shape index (κ2) is 9.09. The summed E-state index contributed by atoms with van der Waals surface area (Å²) in [5.74, 6) is -1.26. The summed E-state index contributed by atoms with van der Waals surface area (Å²) in [5.41, 5.74) is 1.66. The summed E-state index contributed by atoms with van der Waals surface area (Å²) >= 11 is 5.81. The molecule has 3 aromatic rings.